The normalized spacial score (nSPS) is 23.7. The first-order valence-corrected chi connectivity index (χ1v) is 10.6. The second-order valence-corrected chi connectivity index (χ2v) is 9.59. The summed E-state index contributed by atoms with van der Waals surface area (Å²) in [4.78, 5) is 19.0. The third kappa shape index (κ3) is 2.69. The van der Waals surface area contributed by atoms with E-state index in [1.165, 1.54) is 18.7 Å². The standard InChI is InChI=1S/C15H14F2I2N4OS/c1-6-3-21-8(4-22(6)18)5-25-13-9-12(10(16)7(2)11(13)17)23(19)15(24)20-14(9)21/h6,8H,3-5H2,1-2H3. The minimum Gasteiger partial charge on any atom is -0.349 e. The molecule has 0 saturated carbocycles. The first-order valence-electron chi connectivity index (χ1n) is 7.73. The molecule has 1 saturated heterocycles. The smallest absolute Gasteiger partial charge is 0.349 e. The maximum absolute atomic E-state index is 14.8. The second kappa shape index (κ2) is 6.44. The van der Waals surface area contributed by atoms with Gasteiger partial charge in [0.2, 0.25) is 0 Å². The molecule has 2 aromatic rings. The van der Waals surface area contributed by atoms with Gasteiger partial charge >= 0.3 is 5.69 Å². The quantitative estimate of drug-likeness (QED) is 0.348. The van der Waals surface area contributed by atoms with Crippen LogP contribution in [0.5, 0.6) is 0 Å². The Balaban J connectivity index is 2.09. The van der Waals surface area contributed by atoms with Crippen LogP contribution in [-0.2, 0) is 0 Å². The molecule has 0 bridgehead atoms. The van der Waals surface area contributed by atoms with E-state index in [-0.39, 0.29) is 23.2 Å². The number of fused-ring (bicyclic) bond motifs is 2. The zero-order chi connectivity index (χ0) is 18.0. The molecule has 0 aliphatic carbocycles. The molecule has 2 atom stereocenters. The number of rotatable bonds is 0. The summed E-state index contributed by atoms with van der Waals surface area (Å²) >= 11 is 5.42. The van der Waals surface area contributed by atoms with E-state index >= 15 is 0 Å². The lowest BCUT2D eigenvalue weighted by Gasteiger charge is -2.42. The maximum Gasteiger partial charge on any atom is 0.359 e. The second-order valence-electron chi connectivity index (χ2n) is 6.35. The largest absolute Gasteiger partial charge is 0.359 e. The third-order valence-electron chi connectivity index (χ3n) is 4.78. The molecule has 0 amide bonds. The van der Waals surface area contributed by atoms with Crippen LogP contribution in [0, 0.1) is 18.6 Å². The van der Waals surface area contributed by atoms with Gasteiger partial charge in [-0.3, -0.25) is 0 Å². The Labute approximate surface area is 175 Å². The van der Waals surface area contributed by atoms with Crippen LogP contribution < -0.4 is 10.6 Å². The summed E-state index contributed by atoms with van der Waals surface area (Å²) < 4.78 is 33.1. The minimum atomic E-state index is -0.689. The molecular weight excluding hydrogens is 576 g/mol. The molecule has 1 fully saturated rings. The number of halogens is 4. The highest BCUT2D eigenvalue weighted by atomic mass is 127. The minimum absolute atomic E-state index is 0.0549. The van der Waals surface area contributed by atoms with Crippen molar-refractivity contribution in [1.82, 2.24) is 10.9 Å². The third-order valence-corrected chi connectivity index (χ3v) is 8.24. The van der Waals surface area contributed by atoms with Gasteiger partial charge in [0.25, 0.3) is 0 Å². The number of piperazine rings is 1. The fourth-order valence-electron chi connectivity index (χ4n) is 3.38. The van der Waals surface area contributed by atoms with Crippen molar-refractivity contribution < 1.29 is 8.78 Å². The van der Waals surface area contributed by atoms with Crippen LogP contribution in [0.25, 0.3) is 10.9 Å². The van der Waals surface area contributed by atoms with Crippen molar-refractivity contribution in [2.24, 2.45) is 0 Å². The van der Waals surface area contributed by atoms with Crippen molar-refractivity contribution in [2.75, 3.05) is 23.7 Å². The molecule has 0 N–H and O–H groups in total. The number of hydrogen-bond donors (Lipinski definition) is 0. The van der Waals surface area contributed by atoms with Crippen molar-refractivity contribution in [1.29, 1.82) is 0 Å². The summed E-state index contributed by atoms with van der Waals surface area (Å²) in [5.74, 6) is -0.167. The van der Waals surface area contributed by atoms with Gasteiger partial charge in [0.1, 0.15) is 17.2 Å². The molecule has 0 spiro atoms. The first kappa shape index (κ1) is 18.2. The predicted molar refractivity (Wildman–Crippen MR) is 112 cm³/mol. The molecule has 1 aromatic carbocycles. The average Bonchev–Trinajstić information content (AvgIpc) is 2.71. The van der Waals surface area contributed by atoms with Crippen LogP contribution in [-0.4, -0.2) is 41.8 Å². The Hall–Kier alpha value is -0.210. The van der Waals surface area contributed by atoms with E-state index in [0.717, 1.165) is 9.33 Å². The fourth-order valence-corrected chi connectivity index (χ4v) is 5.82. The molecule has 5 nitrogen and oxygen atoms in total. The van der Waals surface area contributed by atoms with E-state index in [1.807, 2.05) is 0 Å². The highest BCUT2D eigenvalue weighted by Crippen LogP contribution is 2.43. The summed E-state index contributed by atoms with van der Waals surface area (Å²) in [6, 6.07) is 0.343. The molecular formula is C15H14F2I2N4OS. The van der Waals surface area contributed by atoms with E-state index in [9.17, 15) is 13.6 Å². The molecule has 4 rings (SSSR count). The van der Waals surface area contributed by atoms with E-state index in [4.69, 9.17) is 0 Å². The lowest BCUT2D eigenvalue weighted by Crippen LogP contribution is -2.55. The lowest BCUT2D eigenvalue weighted by atomic mass is 10.1. The Kier molecular flexibility index (Phi) is 4.68. The monoisotopic (exact) mass is 590 g/mol. The van der Waals surface area contributed by atoms with Gasteiger partial charge in [-0.2, -0.15) is 4.98 Å². The van der Waals surface area contributed by atoms with Crippen LogP contribution in [0.1, 0.15) is 12.5 Å². The van der Waals surface area contributed by atoms with Gasteiger partial charge in [-0.1, -0.05) is 0 Å². The van der Waals surface area contributed by atoms with Gasteiger partial charge in [-0.15, -0.1) is 11.8 Å². The molecule has 2 unspecified atom stereocenters. The van der Waals surface area contributed by atoms with E-state index in [1.54, 1.807) is 22.9 Å². The van der Waals surface area contributed by atoms with Gasteiger partial charge in [0.05, 0.1) is 39.2 Å². The number of nitrogens with zero attached hydrogens (tertiary/aromatic N) is 4. The van der Waals surface area contributed by atoms with Crippen molar-refractivity contribution in [3.05, 3.63) is 27.7 Å². The van der Waals surface area contributed by atoms with Gasteiger partial charge in [-0.05, 0) is 13.8 Å². The zero-order valence-corrected chi connectivity index (χ0v) is 18.5. The summed E-state index contributed by atoms with van der Waals surface area (Å²) in [7, 11) is 0. The zero-order valence-electron chi connectivity index (χ0n) is 13.4. The van der Waals surface area contributed by atoms with Crippen molar-refractivity contribution >= 4 is 74.2 Å². The van der Waals surface area contributed by atoms with Crippen LogP contribution in [0.3, 0.4) is 0 Å². The van der Waals surface area contributed by atoms with Crippen molar-refractivity contribution in [3.63, 3.8) is 0 Å². The van der Waals surface area contributed by atoms with Crippen LogP contribution in [0.15, 0.2) is 9.69 Å². The van der Waals surface area contributed by atoms with Crippen LogP contribution in [0.4, 0.5) is 14.6 Å². The van der Waals surface area contributed by atoms with Gasteiger partial charge in [0, 0.05) is 53.3 Å². The van der Waals surface area contributed by atoms with Gasteiger partial charge < -0.3 is 4.90 Å². The van der Waals surface area contributed by atoms with Crippen molar-refractivity contribution in [2.45, 2.75) is 30.8 Å². The van der Waals surface area contributed by atoms with Gasteiger partial charge in [-0.25, -0.2) is 19.5 Å². The highest BCUT2D eigenvalue weighted by molar-refractivity contribution is 14.1. The Morgan fingerprint density at radius 1 is 1.24 bits per heavy atom. The number of anilines is 1. The molecule has 3 heterocycles. The molecule has 2 aliphatic rings. The topological polar surface area (TPSA) is 41.4 Å². The van der Waals surface area contributed by atoms with E-state index in [0.29, 0.717) is 28.4 Å². The average molecular weight is 590 g/mol. The summed E-state index contributed by atoms with van der Waals surface area (Å²) in [6.07, 6.45) is 0. The highest BCUT2D eigenvalue weighted by Gasteiger charge is 2.37. The summed E-state index contributed by atoms with van der Waals surface area (Å²) in [5.41, 5.74) is -0.461. The molecule has 2 aliphatic heterocycles. The molecule has 10 heteroatoms. The number of benzene rings is 1. The SMILES string of the molecule is Cc1c(F)c2c3c(nc(=O)n(I)c3c1F)N1CC(C)N(I)CC1CS2. The number of hydrogen-bond acceptors (Lipinski definition) is 5. The van der Waals surface area contributed by atoms with Crippen LogP contribution in [0.2, 0.25) is 0 Å². The molecule has 0 radical (unpaired) electrons. The lowest BCUT2D eigenvalue weighted by molar-refractivity contribution is 0.322. The van der Waals surface area contributed by atoms with E-state index in [2.05, 4.69) is 42.8 Å². The Morgan fingerprint density at radius 3 is 2.68 bits per heavy atom. The van der Waals surface area contributed by atoms with E-state index < -0.39 is 17.3 Å². The summed E-state index contributed by atoms with van der Waals surface area (Å²) in [5, 5.41) is 0.413. The Morgan fingerprint density at radius 2 is 1.96 bits per heavy atom. The first-order chi connectivity index (χ1) is 11.8. The van der Waals surface area contributed by atoms with Crippen LogP contribution >= 0.6 is 57.5 Å². The molecule has 25 heavy (non-hydrogen) atoms. The predicted octanol–water partition coefficient (Wildman–Crippen LogP) is 3.52. The summed E-state index contributed by atoms with van der Waals surface area (Å²) in [6.45, 7) is 4.95. The van der Waals surface area contributed by atoms with Gasteiger partial charge in [0.15, 0.2) is 5.82 Å². The fraction of sp³-hybridized carbons (Fsp3) is 0.467. The van der Waals surface area contributed by atoms with Crippen molar-refractivity contribution in [3.8, 4) is 0 Å². The Bertz CT molecular complexity index is 954. The number of aromatic nitrogens is 2. The molecule has 1 aromatic heterocycles. The molecule has 134 valence electrons. The number of thioether (sulfide) groups is 1. The maximum atomic E-state index is 14.8.